The fourth-order valence-corrected chi connectivity index (χ4v) is 2.34. The zero-order chi connectivity index (χ0) is 13.1. The van der Waals surface area contributed by atoms with Crippen LogP contribution in [0.3, 0.4) is 0 Å². The molecule has 0 bridgehead atoms. The minimum absolute atomic E-state index is 0.130. The van der Waals surface area contributed by atoms with E-state index in [4.69, 9.17) is 0 Å². The Morgan fingerprint density at radius 2 is 1.71 bits per heavy atom. The topological polar surface area (TPSA) is 52.5 Å². The summed E-state index contributed by atoms with van der Waals surface area (Å²) in [5, 5.41) is 0. The predicted molar refractivity (Wildman–Crippen MR) is 69.6 cm³/mol. The van der Waals surface area contributed by atoms with Gasteiger partial charge in [0.05, 0.1) is 4.90 Å². The molecule has 1 rings (SSSR count). The first-order chi connectivity index (χ1) is 7.71. The lowest BCUT2D eigenvalue weighted by molar-refractivity contribution is 0.372. The molecule has 98 valence electrons. The highest BCUT2D eigenvalue weighted by molar-refractivity contribution is 8.22. The molecule has 0 amide bonds. The molecule has 0 unspecified atom stereocenters. The van der Waals surface area contributed by atoms with Gasteiger partial charge < -0.3 is 0 Å². The summed E-state index contributed by atoms with van der Waals surface area (Å²) >= 11 is 0. The van der Waals surface area contributed by atoms with Gasteiger partial charge in [-0.2, -0.15) is 0 Å². The molecule has 0 atom stereocenters. The Morgan fingerprint density at radius 3 is 2.18 bits per heavy atom. The van der Waals surface area contributed by atoms with Crippen molar-refractivity contribution < 1.29 is 13.5 Å². The molecule has 17 heavy (non-hydrogen) atoms. The van der Waals surface area contributed by atoms with Gasteiger partial charge in [-0.05, 0) is 36.1 Å². The molecule has 0 aliphatic rings. The van der Waals surface area contributed by atoms with Gasteiger partial charge in [-0.3, -0.25) is 9.11 Å². The van der Waals surface area contributed by atoms with Crippen LogP contribution in [0.25, 0.3) is 0 Å². The summed E-state index contributed by atoms with van der Waals surface area (Å²) in [6, 6.07) is 5.20. The van der Waals surface area contributed by atoms with Crippen LogP contribution in [0, 0.1) is 11.2 Å². The average Bonchev–Trinajstić information content (AvgIpc) is 2.15. The summed E-state index contributed by atoms with van der Waals surface area (Å²) in [5.74, 6) is -0.390. The van der Waals surface area contributed by atoms with Crippen molar-refractivity contribution in [3.05, 3.63) is 30.1 Å². The van der Waals surface area contributed by atoms with Gasteiger partial charge in [0.2, 0.25) is 0 Å². The van der Waals surface area contributed by atoms with E-state index in [1.807, 2.05) is 0 Å². The second-order valence-electron chi connectivity index (χ2n) is 5.21. The number of hydrogen-bond donors (Lipinski definition) is 3. The number of rotatable bonds is 4. The second kappa shape index (κ2) is 5.35. The molecule has 0 spiro atoms. The highest BCUT2D eigenvalue weighted by Gasteiger charge is 2.17. The van der Waals surface area contributed by atoms with Gasteiger partial charge in [0.1, 0.15) is 5.82 Å². The third-order valence-electron chi connectivity index (χ3n) is 2.32. The standard InChI is InChI=1S/C12H20FNO2S/c1-12(2,3)8-9-14-17(15,16)11-6-4-10(13)5-7-11/h4-7,14-16H,8-9H2,1-3H3. The van der Waals surface area contributed by atoms with Gasteiger partial charge in [0.25, 0.3) is 0 Å². The van der Waals surface area contributed by atoms with Crippen LogP contribution < -0.4 is 4.72 Å². The number of hydrogen-bond acceptors (Lipinski definition) is 3. The van der Waals surface area contributed by atoms with E-state index in [2.05, 4.69) is 25.5 Å². The molecule has 3 N–H and O–H groups in total. The maximum Gasteiger partial charge on any atom is 0.123 e. The molecule has 1 aromatic carbocycles. The van der Waals surface area contributed by atoms with Crippen molar-refractivity contribution in [2.24, 2.45) is 5.41 Å². The largest absolute Gasteiger partial charge is 0.282 e. The van der Waals surface area contributed by atoms with E-state index in [-0.39, 0.29) is 5.41 Å². The zero-order valence-corrected chi connectivity index (χ0v) is 11.2. The Labute approximate surface area is 104 Å². The van der Waals surface area contributed by atoms with Crippen LogP contribution in [0.1, 0.15) is 27.2 Å². The highest BCUT2D eigenvalue weighted by atomic mass is 32.3. The molecular formula is C12H20FNO2S. The van der Waals surface area contributed by atoms with E-state index in [0.717, 1.165) is 6.42 Å². The van der Waals surface area contributed by atoms with E-state index >= 15 is 0 Å². The molecule has 0 aliphatic heterocycles. The van der Waals surface area contributed by atoms with Crippen molar-refractivity contribution in [3.8, 4) is 0 Å². The fourth-order valence-electron chi connectivity index (χ4n) is 1.28. The SMILES string of the molecule is CC(C)(C)CCNS(O)(O)c1ccc(F)cc1. The third kappa shape index (κ3) is 5.04. The van der Waals surface area contributed by atoms with Crippen LogP contribution in [-0.4, -0.2) is 15.7 Å². The number of nitrogens with one attached hydrogen (secondary N) is 1. The molecule has 5 heteroatoms. The van der Waals surface area contributed by atoms with Gasteiger partial charge in [0, 0.05) is 6.54 Å². The van der Waals surface area contributed by atoms with Crippen molar-refractivity contribution in [1.29, 1.82) is 0 Å². The molecule has 0 radical (unpaired) electrons. The Kier molecular flexibility index (Phi) is 4.55. The number of halogens is 1. The quantitative estimate of drug-likeness (QED) is 0.771. The van der Waals surface area contributed by atoms with Crippen LogP contribution >= 0.6 is 10.8 Å². The van der Waals surface area contributed by atoms with Crippen molar-refractivity contribution in [2.45, 2.75) is 32.1 Å². The molecule has 0 aromatic heterocycles. The van der Waals surface area contributed by atoms with Crippen molar-refractivity contribution in [1.82, 2.24) is 4.72 Å². The van der Waals surface area contributed by atoms with Gasteiger partial charge >= 0.3 is 0 Å². The van der Waals surface area contributed by atoms with Gasteiger partial charge in [-0.15, -0.1) is 10.8 Å². The Morgan fingerprint density at radius 1 is 1.18 bits per heavy atom. The Balaban J connectivity index is 2.59. The second-order valence-corrected chi connectivity index (χ2v) is 7.07. The van der Waals surface area contributed by atoms with Crippen LogP contribution in [0.4, 0.5) is 4.39 Å². The molecule has 0 saturated carbocycles. The Bertz CT molecular complexity index is 360. The van der Waals surface area contributed by atoms with Crippen molar-refractivity contribution in [2.75, 3.05) is 6.54 Å². The smallest absolute Gasteiger partial charge is 0.123 e. The maximum absolute atomic E-state index is 12.7. The normalized spacial score (nSPS) is 13.8. The van der Waals surface area contributed by atoms with Crippen LogP contribution in [0.15, 0.2) is 29.2 Å². The molecule has 0 heterocycles. The summed E-state index contributed by atoms with van der Waals surface area (Å²) in [5.41, 5.74) is 0.130. The first-order valence-electron chi connectivity index (χ1n) is 5.49. The number of benzene rings is 1. The lowest BCUT2D eigenvalue weighted by atomic mass is 9.93. The van der Waals surface area contributed by atoms with Crippen molar-refractivity contribution >= 4 is 10.8 Å². The maximum atomic E-state index is 12.7. The lowest BCUT2D eigenvalue weighted by Crippen LogP contribution is -2.24. The molecule has 0 fully saturated rings. The van der Waals surface area contributed by atoms with Crippen LogP contribution in [0.5, 0.6) is 0 Å². The first-order valence-corrected chi connectivity index (χ1v) is 7.04. The van der Waals surface area contributed by atoms with Crippen molar-refractivity contribution in [3.63, 3.8) is 0 Å². The summed E-state index contributed by atoms with van der Waals surface area (Å²) in [4.78, 5) is 0.313. The molecular weight excluding hydrogens is 241 g/mol. The molecule has 0 aliphatic carbocycles. The monoisotopic (exact) mass is 261 g/mol. The fraction of sp³-hybridized carbons (Fsp3) is 0.500. The molecule has 1 aromatic rings. The summed E-state index contributed by atoms with van der Waals surface area (Å²) in [6.07, 6.45) is 0.823. The molecule has 0 saturated heterocycles. The molecule has 3 nitrogen and oxygen atoms in total. The predicted octanol–water partition coefficient (Wildman–Crippen LogP) is 3.88. The van der Waals surface area contributed by atoms with E-state index in [9.17, 15) is 13.5 Å². The van der Waals surface area contributed by atoms with E-state index < -0.39 is 16.6 Å². The highest BCUT2D eigenvalue weighted by Crippen LogP contribution is 2.43. The van der Waals surface area contributed by atoms with E-state index in [0.29, 0.717) is 11.4 Å². The van der Waals surface area contributed by atoms with Gasteiger partial charge in [-0.25, -0.2) is 9.11 Å². The van der Waals surface area contributed by atoms with Crippen LogP contribution in [0.2, 0.25) is 0 Å². The Hall–Kier alpha value is -0.620. The van der Waals surface area contributed by atoms with Gasteiger partial charge in [0.15, 0.2) is 0 Å². The van der Waals surface area contributed by atoms with E-state index in [1.165, 1.54) is 24.3 Å². The zero-order valence-electron chi connectivity index (χ0n) is 10.4. The van der Waals surface area contributed by atoms with Gasteiger partial charge in [-0.1, -0.05) is 20.8 Å². The third-order valence-corrected chi connectivity index (χ3v) is 3.86. The summed E-state index contributed by atoms with van der Waals surface area (Å²) < 4.78 is 35.2. The van der Waals surface area contributed by atoms with E-state index in [1.54, 1.807) is 0 Å². The minimum Gasteiger partial charge on any atom is -0.282 e. The lowest BCUT2D eigenvalue weighted by Gasteiger charge is -2.34. The average molecular weight is 261 g/mol. The summed E-state index contributed by atoms with van der Waals surface area (Å²) in [6.45, 7) is 6.75. The summed E-state index contributed by atoms with van der Waals surface area (Å²) in [7, 11) is -3.02. The van der Waals surface area contributed by atoms with Crippen LogP contribution in [-0.2, 0) is 0 Å². The first kappa shape index (κ1) is 14.4. The minimum atomic E-state index is -3.02.